The van der Waals surface area contributed by atoms with Crippen LogP contribution < -0.4 is 24.7 Å². The summed E-state index contributed by atoms with van der Waals surface area (Å²) in [5, 5.41) is -0.424. The Hall–Kier alpha value is -4.71. The van der Waals surface area contributed by atoms with E-state index in [1.165, 1.54) is 42.5 Å². The van der Waals surface area contributed by atoms with E-state index >= 15 is 0 Å². The Morgan fingerprint density at radius 1 is 1.00 bits per heavy atom. The standard InChI is InChI=1S/C27H23FN4O6S/c1-14-11-15(2)23(16(3)12-14)38-27-18(26(33)32-39(34,35)22-6-4-5-21(29)31-22)8-10-20(30-27)17-7-9-19(28)25-24(17)36-13-37-25/h4-12H,13H2,1-3H3,(H2,29,31)(H,32,33). The van der Waals surface area contributed by atoms with Crippen molar-refractivity contribution in [3.05, 3.63) is 82.7 Å². The van der Waals surface area contributed by atoms with E-state index in [9.17, 15) is 17.6 Å². The first-order valence-electron chi connectivity index (χ1n) is 11.7. The second kappa shape index (κ2) is 9.87. The van der Waals surface area contributed by atoms with Crippen LogP contribution in [0.5, 0.6) is 23.1 Å². The van der Waals surface area contributed by atoms with Crippen LogP contribution in [0.1, 0.15) is 27.0 Å². The Balaban J connectivity index is 1.59. The Kier molecular flexibility index (Phi) is 6.56. The fourth-order valence-electron chi connectivity index (χ4n) is 4.24. The molecule has 1 aliphatic heterocycles. The molecule has 1 aliphatic rings. The number of sulfonamides is 1. The number of carbonyl (C=O) groups excluding carboxylic acids is 1. The molecule has 3 N–H and O–H groups in total. The van der Waals surface area contributed by atoms with Gasteiger partial charge < -0.3 is 19.9 Å². The summed E-state index contributed by atoms with van der Waals surface area (Å²) in [7, 11) is -4.37. The molecule has 0 bridgehead atoms. The summed E-state index contributed by atoms with van der Waals surface area (Å²) in [5.41, 5.74) is 8.69. The van der Waals surface area contributed by atoms with Crippen LogP contribution in [0.4, 0.5) is 10.2 Å². The minimum Gasteiger partial charge on any atom is -0.453 e. The second-order valence-electron chi connectivity index (χ2n) is 8.87. The molecule has 12 heteroatoms. The van der Waals surface area contributed by atoms with E-state index in [4.69, 9.17) is 19.9 Å². The number of aryl methyl sites for hydroxylation is 3. The van der Waals surface area contributed by atoms with Gasteiger partial charge in [-0.25, -0.2) is 19.1 Å². The zero-order valence-electron chi connectivity index (χ0n) is 21.1. The first-order valence-corrected chi connectivity index (χ1v) is 13.2. The molecule has 0 fully saturated rings. The maximum Gasteiger partial charge on any atom is 0.281 e. The quantitative estimate of drug-likeness (QED) is 0.356. The molecule has 39 heavy (non-hydrogen) atoms. The van der Waals surface area contributed by atoms with Crippen LogP contribution in [0.2, 0.25) is 0 Å². The zero-order chi connectivity index (χ0) is 27.9. The van der Waals surface area contributed by atoms with E-state index in [1.807, 2.05) is 37.6 Å². The number of pyridine rings is 2. The number of nitrogens with one attached hydrogen (secondary N) is 1. The van der Waals surface area contributed by atoms with Gasteiger partial charge in [0.15, 0.2) is 16.6 Å². The van der Waals surface area contributed by atoms with Gasteiger partial charge in [0, 0.05) is 5.56 Å². The third-order valence-electron chi connectivity index (χ3n) is 5.90. The lowest BCUT2D eigenvalue weighted by molar-refractivity contribution is 0.0978. The number of nitrogen functional groups attached to an aromatic ring is 1. The molecule has 0 saturated heterocycles. The van der Waals surface area contributed by atoms with Gasteiger partial charge in [-0.2, -0.15) is 8.42 Å². The summed E-state index contributed by atoms with van der Waals surface area (Å²) in [5.74, 6) is -1.24. The smallest absolute Gasteiger partial charge is 0.281 e. The average molecular weight is 551 g/mol. The molecule has 5 rings (SSSR count). The molecular formula is C27H23FN4O6S. The van der Waals surface area contributed by atoms with Gasteiger partial charge in [0.1, 0.15) is 17.1 Å². The number of carbonyl (C=O) groups is 1. The molecule has 1 amide bonds. The number of anilines is 1. The predicted molar refractivity (Wildman–Crippen MR) is 140 cm³/mol. The molecule has 200 valence electrons. The number of nitrogens with two attached hydrogens (primary N) is 1. The Bertz CT molecular complexity index is 1720. The molecule has 0 unspecified atom stereocenters. The van der Waals surface area contributed by atoms with E-state index < -0.39 is 26.8 Å². The fraction of sp³-hybridized carbons (Fsp3) is 0.148. The summed E-state index contributed by atoms with van der Waals surface area (Å²) in [6, 6.07) is 13.3. The van der Waals surface area contributed by atoms with Gasteiger partial charge in [0.05, 0.1) is 5.69 Å². The van der Waals surface area contributed by atoms with Crippen LogP contribution in [0.15, 0.2) is 59.6 Å². The Labute approximate surface area is 223 Å². The summed E-state index contributed by atoms with van der Waals surface area (Å²) < 4.78 is 58.7. The minimum absolute atomic E-state index is 0.0243. The number of nitrogens with zero attached hydrogens (tertiary/aromatic N) is 2. The van der Waals surface area contributed by atoms with Crippen molar-refractivity contribution in [3.8, 4) is 34.4 Å². The number of rotatable bonds is 6. The first kappa shape index (κ1) is 25.9. The van der Waals surface area contributed by atoms with Crippen molar-refractivity contribution < 1.29 is 31.8 Å². The third kappa shape index (κ3) is 5.06. The molecule has 2 aromatic heterocycles. The van der Waals surface area contributed by atoms with Gasteiger partial charge in [-0.15, -0.1) is 0 Å². The van der Waals surface area contributed by atoms with Gasteiger partial charge in [-0.05, 0) is 68.3 Å². The number of ether oxygens (including phenoxy) is 3. The average Bonchev–Trinajstić information content (AvgIpc) is 3.37. The monoisotopic (exact) mass is 550 g/mol. The van der Waals surface area contributed by atoms with Crippen molar-refractivity contribution in [3.63, 3.8) is 0 Å². The maximum atomic E-state index is 14.2. The van der Waals surface area contributed by atoms with Crippen LogP contribution in [0, 0.1) is 26.6 Å². The summed E-state index contributed by atoms with van der Waals surface area (Å²) in [4.78, 5) is 21.6. The number of halogens is 1. The SMILES string of the molecule is Cc1cc(C)c(Oc2nc(-c3ccc(F)c4c3OCO4)ccc2C(=O)NS(=O)(=O)c2cccc(N)n2)c(C)c1. The summed E-state index contributed by atoms with van der Waals surface area (Å²) >= 11 is 0. The lowest BCUT2D eigenvalue weighted by atomic mass is 10.1. The highest BCUT2D eigenvalue weighted by molar-refractivity contribution is 7.90. The number of benzene rings is 2. The largest absolute Gasteiger partial charge is 0.453 e. The number of fused-ring (bicyclic) bond motifs is 1. The molecule has 0 radical (unpaired) electrons. The molecule has 0 atom stereocenters. The molecule has 0 spiro atoms. The first-order chi connectivity index (χ1) is 18.5. The van der Waals surface area contributed by atoms with Gasteiger partial charge in [-0.1, -0.05) is 23.8 Å². The van der Waals surface area contributed by atoms with Crippen molar-refractivity contribution in [1.29, 1.82) is 0 Å². The lowest BCUT2D eigenvalue weighted by Crippen LogP contribution is -2.31. The summed E-state index contributed by atoms with van der Waals surface area (Å²) in [6.45, 7) is 5.46. The van der Waals surface area contributed by atoms with E-state index in [0.717, 1.165) is 16.7 Å². The molecule has 0 aliphatic carbocycles. The van der Waals surface area contributed by atoms with Crippen LogP contribution >= 0.6 is 0 Å². The van der Waals surface area contributed by atoms with Gasteiger partial charge in [0.25, 0.3) is 15.9 Å². The number of amides is 1. The highest BCUT2D eigenvalue weighted by Crippen LogP contribution is 2.43. The lowest BCUT2D eigenvalue weighted by Gasteiger charge is -2.16. The van der Waals surface area contributed by atoms with Crippen LogP contribution in [0.25, 0.3) is 11.3 Å². The van der Waals surface area contributed by atoms with Gasteiger partial charge in [0.2, 0.25) is 18.4 Å². The molecule has 2 aromatic carbocycles. The topological polar surface area (TPSA) is 143 Å². The van der Waals surface area contributed by atoms with E-state index in [1.54, 1.807) is 0 Å². The summed E-state index contributed by atoms with van der Waals surface area (Å²) in [6.07, 6.45) is 0. The van der Waals surface area contributed by atoms with Crippen molar-refractivity contribution in [2.24, 2.45) is 0 Å². The third-order valence-corrected chi connectivity index (χ3v) is 7.13. The van der Waals surface area contributed by atoms with Gasteiger partial charge in [-0.3, -0.25) is 4.79 Å². The molecule has 4 aromatic rings. The van der Waals surface area contributed by atoms with Crippen molar-refractivity contribution >= 4 is 21.7 Å². The van der Waals surface area contributed by atoms with Crippen LogP contribution in [-0.2, 0) is 10.0 Å². The van der Waals surface area contributed by atoms with E-state index in [-0.39, 0.29) is 41.2 Å². The predicted octanol–water partition coefficient (Wildman–Crippen LogP) is 4.43. The van der Waals surface area contributed by atoms with Crippen LogP contribution in [0.3, 0.4) is 0 Å². The second-order valence-corrected chi connectivity index (χ2v) is 10.5. The normalized spacial score (nSPS) is 12.3. The molecule has 10 nitrogen and oxygen atoms in total. The van der Waals surface area contributed by atoms with Crippen molar-refractivity contribution in [1.82, 2.24) is 14.7 Å². The van der Waals surface area contributed by atoms with E-state index in [0.29, 0.717) is 11.3 Å². The van der Waals surface area contributed by atoms with Crippen molar-refractivity contribution in [2.45, 2.75) is 25.8 Å². The number of hydrogen-bond acceptors (Lipinski definition) is 9. The number of hydrogen-bond donors (Lipinski definition) is 2. The Morgan fingerprint density at radius 3 is 2.44 bits per heavy atom. The molecular weight excluding hydrogens is 527 g/mol. The molecule has 3 heterocycles. The van der Waals surface area contributed by atoms with Crippen LogP contribution in [-0.4, -0.2) is 31.1 Å². The van der Waals surface area contributed by atoms with Crippen molar-refractivity contribution in [2.75, 3.05) is 12.5 Å². The highest BCUT2D eigenvalue weighted by atomic mass is 32.2. The highest BCUT2D eigenvalue weighted by Gasteiger charge is 2.27. The fourth-order valence-corrected chi connectivity index (χ4v) is 5.18. The number of aromatic nitrogens is 2. The van der Waals surface area contributed by atoms with E-state index in [2.05, 4.69) is 9.97 Å². The minimum atomic E-state index is -4.37. The molecule has 0 saturated carbocycles. The zero-order valence-corrected chi connectivity index (χ0v) is 21.9. The van der Waals surface area contributed by atoms with Gasteiger partial charge >= 0.3 is 0 Å². The Morgan fingerprint density at radius 2 is 1.72 bits per heavy atom. The maximum absolute atomic E-state index is 14.2.